The third-order valence-electron chi connectivity index (χ3n) is 1.33. The normalized spacial score (nSPS) is 10.4. The van der Waals surface area contributed by atoms with Crippen molar-refractivity contribution in [1.29, 1.82) is 0 Å². The lowest BCUT2D eigenvalue weighted by Gasteiger charge is -1.96. The van der Waals surface area contributed by atoms with Crippen LogP contribution < -0.4 is 11.2 Å². The summed E-state index contributed by atoms with van der Waals surface area (Å²) in [5.41, 5.74) is 7.32. The molecule has 0 atom stereocenters. The number of hydrazone groups is 1. The van der Waals surface area contributed by atoms with Gasteiger partial charge in [0.05, 0.1) is 11.2 Å². The molecule has 74 valence electrons. The summed E-state index contributed by atoms with van der Waals surface area (Å²) in [6.45, 7) is 0. The molecule has 2 amide bonds. The molecule has 0 aromatic heterocycles. The number of carbonyl (C=O) groups excluding carboxylic acids is 1. The van der Waals surface area contributed by atoms with Gasteiger partial charge in [0.2, 0.25) is 0 Å². The standard InChI is InChI=1S/C8H7ClFN3O/c9-6-3-5(1-2-7(6)10)4-12-13-8(11)14/h1-4H,(H3,11,13,14)/b12-4+. The molecule has 0 unspecified atom stereocenters. The monoisotopic (exact) mass is 215 g/mol. The van der Waals surface area contributed by atoms with Gasteiger partial charge in [-0.3, -0.25) is 0 Å². The van der Waals surface area contributed by atoms with E-state index in [1.54, 1.807) is 0 Å². The van der Waals surface area contributed by atoms with E-state index in [0.717, 1.165) is 0 Å². The van der Waals surface area contributed by atoms with Crippen molar-refractivity contribution in [1.82, 2.24) is 5.43 Å². The van der Waals surface area contributed by atoms with Gasteiger partial charge in [0, 0.05) is 0 Å². The Morgan fingerprint density at radius 1 is 1.64 bits per heavy atom. The van der Waals surface area contributed by atoms with E-state index in [-0.39, 0.29) is 5.02 Å². The smallest absolute Gasteiger partial charge is 0.332 e. The highest BCUT2D eigenvalue weighted by atomic mass is 35.5. The SMILES string of the molecule is NC(=O)N/N=C/c1ccc(F)c(Cl)c1. The maximum Gasteiger partial charge on any atom is 0.332 e. The fourth-order valence-electron chi connectivity index (χ4n) is 0.763. The van der Waals surface area contributed by atoms with Crippen LogP contribution in [-0.2, 0) is 0 Å². The molecule has 6 heteroatoms. The third kappa shape index (κ3) is 3.02. The van der Waals surface area contributed by atoms with Crippen molar-refractivity contribution in [2.24, 2.45) is 10.8 Å². The van der Waals surface area contributed by atoms with Crippen molar-refractivity contribution < 1.29 is 9.18 Å². The number of hydrogen-bond acceptors (Lipinski definition) is 2. The molecule has 0 aliphatic carbocycles. The van der Waals surface area contributed by atoms with Gasteiger partial charge in [0.15, 0.2) is 0 Å². The molecule has 0 spiro atoms. The molecule has 14 heavy (non-hydrogen) atoms. The lowest BCUT2D eigenvalue weighted by Crippen LogP contribution is -2.24. The fourth-order valence-corrected chi connectivity index (χ4v) is 0.952. The van der Waals surface area contributed by atoms with Gasteiger partial charge in [-0.2, -0.15) is 5.10 Å². The summed E-state index contributed by atoms with van der Waals surface area (Å²) in [6.07, 6.45) is 1.30. The number of amides is 2. The first-order valence-corrected chi connectivity index (χ1v) is 4.01. The number of rotatable bonds is 2. The number of halogens is 2. The number of hydrogen-bond donors (Lipinski definition) is 2. The zero-order valence-corrected chi connectivity index (χ0v) is 7.75. The van der Waals surface area contributed by atoms with Crippen LogP contribution in [0.25, 0.3) is 0 Å². The van der Waals surface area contributed by atoms with E-state index in [4.69, 9.17) is 17.3 Å². The first kappa shape index (κ1) is 10.5. The molecule has 0 radical (unpaired) electrons. The van der Waals surface area contributed by atoms with Gasteiger partial charge in [-0.05, 0) is 17.7 Å². The molecule has 0 heterocycles. The third-order valence-corrected chi connectivity index (χ3v) is 1.62. The molecular weight excluding hydrogens is 209 g/mol. The molecule has 0 fully saturated rings. The van der Waals surface area contributed by atoms with Crippen LogP contribution in [0.15, 0.2) is 23.3 Å². The van der Waals surface area contributed by atoms with Gasteiger partial charge < -0.3 is 5.73 Å². The zero-order valence-electron chi connectivity index (χ0n) is 7.00. The van der Waals surface area contributed by atoms with Gasteiger partial charge in [0.1, 0.15) is 5.82 Å². The minimum atomic E-state index is -0.769. The second-order valence-corrected chi connectivity index (χ2v) is 2.81. The molecule has 0 aliphatic rings. The Balaban J connectivity index is 2.73. The Bertz CT molecular complexity index is 381. The van der Waals surface area contributed by atoms with Crippen LogP contribution in [0, 0.1) is 5.82 Å². The molecule has 0 saturated carbocycles. The Morgan fingerprint density at radius 2 is 2.36 bits per heavy atom. The molecule has 4 nitrogen and oxygen atoms in total. The van der Waals surface area contributed by atoms with E-state index in [2.05, 4.69) is 5.10 Å². The van der Waals surface area contributed by atoms with Crippen LogP contribution in [0.4, 0.5) is 9.18 Å². The van der Waals surface area contributed by atoms with E-state index in [1.807, 2.05) is 5.43 Å². The average molecular weight is 216 g/mol. The van der Waals surface area contributed by atoms with Crippen LogP contribution >= 0.6 is 11.6 Å². The van der Waals surface area contributed by atoms with E-state index in [9.17, 15) is 9.18 Å². The molecule has 1 aromatic rings. The van der Waals surface area contributed by atoms with Crippen molar-refractivity contribution >= 4 is 23.8 Å². The van der Waals surface area contributed by atoms with Gasteiger partial charge in [-0.25, -0.2) is 14.6 Å². The molecule has 3 N–H and O–H groups in total. The predicted molar refractivity (Wildman–Crippen MR) is 51.7 cm³/mol. The van der Waals surface area contributed by atoms with Crippen molar-refractivity contribution in [2.75, 3.05) is 0 Å². The van der Waals surface area contributed by atoms with Crippen molar-refractivity contribution in [3.63, 3.8) is 0 Å². The Hall–Kier alpha value is -1.62. The largest absolute Gasteiger partial charge is 0.350 e. The quantitative estimate of drug-likeness (QED) is 0.570. The second kappa shape index (κ2) is 4.57. The Labute approximate surface area is 84.5 Å². The molecule has 0 aliphatic heterocycles. The van der Waals surface area contributed by atoms with Crippen molar-refractivity contribution in [3.8, 4) is 0 Å². The summed E-state index contributed by atoms with van der Waals surface area (Å²) in [6, 6.07) is 3.28. The van der Waals surface area contributed by atoms with Crippen LogP contribution in [0.2, 0.25) is 5.02 Å². The lowest BCUT2D eigenvalue weighted by molar-refractivity contribution is 0.249. The summed E-state index contributed by atoms with van der Waals surface area (Å²) in [7, 11) is 0. The molecule has 1 rings (SSSR count). The summed E-state index contributed by atoms with van der Waals surface area (Å²) >= 11 is 5.51. The van der Waals surface area contributed by atoms with Crippen molar-refractivity contribution in [3.05, 3.63) is 34.6 Å². The number of nitrogens with one attached hydrogen (secondary N) is 1. The molecule has 0 bridgehead atoms. The van der Waals surface area contributed by atoms with Gasteiger partial charge in [-0.15, -0.1) is 0 Å². The summed E-state index contributed by atoms with van der Waals surface area (Å²) < 4.78 is 12.7. The number of nitrogens with two attached hydrogens (primary N) is 1. The first-order valence-electron chi connectivity index (χ1n) is 3.63. The number of urea groups is 1. The zero-order chi connectivity index (χ0) is 10.6. The summed E-state index contributed by atoms with van der Waals surface area (Å²) in [5.74, 6) is -0.508. The Morgan fingerprint density at radius 3 is 2.93 bits per heavy atom. The molecule has 1 aromatic carbocycles. The minimum Gasteiger partial charge on any atom is -0.350 e. The number of primary amides is 1. The average Bonchev–Trinajstić information content (AvgIpc) is 2.10. The highest BCUT2D eigenvalue weighted by molar-refractivity contribution is 6.31. The second-order valence-electron chi connectivity index (χ2n) is 2.41. The van der Waals surface area contributed by atoms with Crippen LogP contribution in [-0.4, -0.2) is 12.2 Å². The van der Waals surface area contributed by atoms with E-state index in [0.29, 0.717) is 5.56 Å². The maximum absolute atomic E-state index is 12.7. The van der Waals surface area contributed by atoms with Crippen LogP contribution in [0.5, 0.6) is 0 Å². The van der Waals surface area contributed by atoms with Gasteiger partial charge in [0.25, 0.3) is 0 Å². The molecule has 0 saturated heterocycles. The number of nitrogens with zero attached hydrogens (tertiary/aromatic N) is 1. The van der Waals surface area contributed by atoms with E-state index in [1.165, 1.54) is 24.4 Å². The summed E-state index contributed by atoms with van der Waals surface area (Å²) in [4.78, 5) is 10.2. The van der Waals surface area contributed by atoms with Crippen molar-refractivity contribution in [2.45, 2.75) is 0 Å². The minimum absolute atomic E-state index is 0.00646. The summed E-state index contributed by atoms with van der Waals surface area (Å²) in [5, 5.41) is 3.47. The van der Waals surface area contributed by atoms with Crippen LogP contribution in [0.3, 0.4) is 0 Å². The van der Waals surface area contributed by atoms with E-state index < -0.39 is 11.8 Å². The number of benzene rings is 1. The Kier molecular flexibility index (Phi) is 3.41. The lowest BCUT2D eigenvalue weighted by atomic mass is 10.2. The first-order chi connectivity index (χ1) is 6.59. The van der Waals surface area contributed by atoms with Gasteiger partial charge in [-0.1, -0.05) is 17.7 Å². The van der Waals surface area contributed by atoms with Gasteiger partial charge >= 0.3 is 6.03 Å². The maximum atomic E-state index is 12.7. The topological polar surface area (TPSA) is 67.5 Å². The van der Waals surface area contributed by atoms with Crippen LogP contribution in [0.1, 0.15) is 5.56 Å². The number of carbonyl (C=O) groups is 1. The predicted octanol–water partition coefficient (Wildman–Crippen LogP) is 1.48. The fraction of sp³-hybridized carbons (Fsp3) is 0. The van der Waals surface area contributed by atoms with E-state index >= 15 is 0 Å². The highest BCUT2D eigenvalue weighted by Gasteiger charge is 1.98. The molecular formula is C8H7ClFN3O. The highest BCUT2D eigenvalue weighted by Crippen LogP contribution is 2.14.